The number of aryl methyl sites for hydroxylation is 1. The number of rotatable bonds is 5. The van der Waals surface area contributed by atoms with Gasteiger partial charge >= 0.3 is 5.97 Å². The van der Waals surface area contributed by atoms with Crippen molar-refractivity contribution in [2.24, 2.45) is 0 Å². The second-order valence-electron chi connectivity index (χ2n) is 5.98. The molecule has 138 valence electrons. The van der Waals surface area contributed by atoms with E-state index in [2.05, 4.69) is 15.2 Å². The first-order chi connectivity index (χ1) is 12.5. The van der Waals surface area contributed by atoms with Crippen molar-refractivity contribution in [2.45, 2.75) is 25.6 Å². The molecule has 0 saturated carbocycles. The first kappa shape index (κ1) is 17.8. The molecule has 2 atom stereocenters. The fraction of sp³-hybridized carbons (Fsp3) is 0.412. The van der Waals surface area contributed by atoms with Crippen molar-refractivity contribution in [3.05, 3.63) is 35.7 Å². The molecule has 1 aliphatic heterocycles. The Morgan fingerprint density at radius 3 is 2.77 bits per heavy atom. The van der Waals surface area contributed by atoms with E-state index in [1.54, 1.807) is 24.0 Å². The van der Waals surface area contributed by atoms with Crippen molar-refractivity contribution in [1.82, 2.24) is 15.2 Å². The van der Waals surface area contributed by atoms with Crippen LogP contribution in [0, 0.1) is 6.92 Å². The summed E-state index contributed by atoms with van der Waals surface area (Å²) in [5, 5.41) is 16.6. The number of carbonyl (C=O) groups is 1. The van der Waals surface area contributed by atoms with Gasteiger partial charge in [-0.2, -0.15) is 0 Å². The van der Waals surface area contributed by atoms with Crippen molar-refractivity contribution >= 4 is 11.8 Å². The number of alkyl halides is 1. The van der Waals surface area contributed by atoms with Gasteiger partial charge in [-0.25, -0.2) is 14.2 Å². The summed E-state index contributed by atoms with van der Waals surface area (Å²) in [5.74, 6) is 0.287. The lowest BCUT2D eigenvalue weighted by atomic mass is 10.1. The Hall–Kier alpha value is -2.97. The van der Waals surface area contributed by atoms with Crippen LogP contribution in [0.3, 0.4) is 0 Å². The standard InChI is InChI=1S/C17H19FN4O4/c1-10-7-13(17(23)24)20-21-16(10)22-6-5-14(12(18)9-22)26-11-3-4-15(25-2)19-8-11/h3-4,7-8,12,14H,5-6,9H2,1-2H3,(H,23,24)/t12-,14+/m1/s1. The summed E-state index contributed by atoms with van der Waals surface area (Å²) in [7, 11) is 1.52. The molecule has 8 nitrogen and oxygen atoms in total. The van der Waals surface area contributed by atoms with Crippen molar-refractivity contribution in [3.8, 4) is 11.6 Å². The molecule has 2 aromatic heterocycles. The monoisotopic (exact) mass is 362 g/mol. The summed E-state index contributed by atoms with van der Waals surface area (Å²) >= 11 is 0. The van der Waals surface area contributed by atoms with E-state index in [1.807, 2.05) is 0 Å². The van der Waals surface area contributed by atoms with Gasteiger partial charge in [0.05, 0.1) is 19.9 Å². The first-order valence-electron chi connectivity index (χ1n) is 8.11. The average molecular weight is 362 g/mol. The molecule has 0 radical (unpaired) electrons. The molecular weight excluding hydrogens is 343 g/mol. The molecule has 1 N–H and O–H groups in total. The number of aromatic nitrogens is 3. The van der Waals surface area contributed by atoms with E-state index in [-0.39, 0.29) is 12.2 Å². The summed E-state index contributed by atoms with van der Waals surface area (Å²) in [4.78, 5) is 16.7. The fourth-order valence-corrected chi connectivity index (χ4v) is 2.84. The lowest BCUT2D eigenvalue weighted by Gasteiger charge is -2.35. The van der Waals surface area contributed by atoms with Crippen LogP contribution in [-0.4, -0.2) is 58.7 Å². The summed E-state index contributed by atoms with van der Waals surface area (Å²) in [6.07, 6.45) is 0.131. The van der Waals surface area contributed by atoms with Gasteiger partial charge in [0.15, 0.2) is 17.7 Å². The van der Waals surface area contributed by atoms with Gasteiger partial charge in [-0.15, -0.1) is 10.2 Å². The van der Waals surface area contributed by atoms with Gasteiger partial charge in [0.1, 0.15) is 11.9 Å². The van der Waals surface area contributed by atoms with Crippen LogP contribution in [0.15, 0.2) is 24.4 Å². The van der Waals surface area contributed by atoms with Crippen LogP contribution >= 0.6 is 0 Å². The number of nitrogens with zero attached hydrogens (tertiary/aromatic N) is 4. The highest BCUT2D eigenvalue weighted by molar-refractivity contribution is 5.85. The van der Waals surface area contributed by atoms with Crippen LogP contribution in [0.4, 0.5) is 10.2 Å². The van der Waals surface area contributed by atoms with Crippen molar-refractivity contribution < 1.29 is 23.8 Å². The molecule has 1 aliphatic rings. The second kappa shape index (κ2) is 7.51. The fourth-order valence-electron chi connectivity index (χ4n) is 2.84. The van der Waals surface area contributed by atoms with Crippen LogP contribution in [0.1, 0.15) is 22.5 Å². The molecule has 0 unspecified atom stereocenters. The minimum atomic E-state index is -1.23. The minimum absolute atomic E-state index is 0.0934. The molecule has 0 aliphatic carbocycles. The Morgan fingerprint density at radius 1 is 1.38 bits per heavy atom. The molecule has 1 fully saturated rings. The lowest BCUT2D eigenvalue weighted by molar-refractivity contribution is 0.0689. The zero-order valence-corrected chi connectivity index (χ0v) is 14.4. The molecule has 3 heterocycles. The van der Waals surface area contributed by atoms with Gasteiger partial charge in [-0.1, -0.05) is 0 Å². The van der Waals surface area contributed by atoms with Gasteiger partial charge in [0, 0.05) is 19.0 Å². The van der Waals surface area contributed by atoms with Gasteiger partial charge in [0.2, 0.25) is 5.88 Å². The molecular formula is C17H19FN4O4. The number of anilines is 1. The Bertz CT molecular complexity index is 787. The molecule has 26 heavy (non-hydrogen) atoms. The average Bonchev–Trinajstić information content (AvgIpc) is 2.64. The van der Waals surface area contributed by atoms with E-state index >= 15 is 0 Å². The number of carboxylic acid groups (broad SMARTS) is 1. The molecule has 0 spiro atoms. The topological polar surface area (TPSA) is 97.7 Å². The third-order valence-corrected chi connectivity index (χ3v) is 4.16. The predicted octanol–water partition coefficient (Wildman–Crippen LogP) is 1.88. The van der Waals surface area contributed by atoms with E-state index in [4.69, 9.17) is 14.6 Å². The van der Waals surface area contributed by atoms with Crippen molar-refractivity contribution in [1.29, 1.82) is 0 Å². The summed E-state index contributed by atoms with van der Waals surface area (Å²) in [5.41, 5.74) is 0.511. The first-order valence-corrected chi connectivity index (χ1v) is 8.11. The van der Waals surface area contributed by atoms with E-state index in [9.17, 15) is 9.18 Å². The summed E-state index contributed by atoms with van der Waals surface area (Å²) in [6.45, 7) is 2.35. The van der Waals surface area contributed by atoms with Crippen LogP contribution < -0.4 is 14.4 Å². The number of hydrogen-bond acceptors (Lipinski definition) is 7. The Balaban J connectivity index is 1.65. The van der Waals surface area contributed by atoms with E-state index in [0.29, 0.717) is 36.0 Å². The summed E-state index contributed by atoms with van der Waals surface area (Å²) in [6, 6.07) is 4.77. The molecule has 0 amide bonds. The second-order valence-corrected chi connectivity index (χ2v) is 5.98. The number of piperidine rings is 1. The SMILES string of the molecule is COc1ccc(O[C@H]2CCN(c3nnc(C(=O)O)cc3C)C[C@H]2F)cn1. The highest BCUT2D eigenvalue weighted by Crippen LogP contribution is 2.26. The minimum Gasteiger partial charge on any atom is -0.486 e. The normalized spacial score (nSPS) is 19.9. The highest BCUT2D eigenvalue weighted by atomic mass is 19.1. The zero-order valence-electron chi connectivity index (χ0n) is 14.4. The predicted molar refractivity (Wildman–Crippen MR) is 90.7 cm³/mol. The maximum Gasteiger partial charge on any atom is 0.356 e. The van der Waals surface area contributed by atoms with Crippen LogP contribution in [-0.2, 0) is 0 Å². The number of aromatic carboxylic acids is 1. The van der Waals surface area contributed by atoms with Crippen LogP contribution in [0.2, 0.25) is 0 Å². The van der Waals surface area contributed by atoms with E-state index in [1.165, 1.54) is 19.4 Å². The van der Waals surface area contributed by atoms with Gasteiger partial charge in [-0.05, 0) is 24.6 Å². The Kier molecular flexibility index (Phi) is 5.15. The highest BCUT2D eigenvalue weighted by Gasteiger charge is 2.32. The molecule has 0 aromatic carbocycles. The lowest BCUT2D eigenvalue weighted by Crippen LogP contribution is -2.47. The third kappa shape index (κ3) is 3.81. The van der Waals surface area contributed by atoms with Gasteiger partial charge in [-0.3, -0.25) is 0 Å². The Morgan fingerprint density at radius 2 is 2.19 bits per heavy atom. The van der Waals surface area contributed by atoms with Crippen molar-refractivity contribution in [3.63, 3.8) is 0 Å². The molecule has 9 heteroatoms. The largest absolute Gasteiger partial charge is 0.486 e. The van der Waals surface area contributed by atoms with Gasteiger partial charge in [0.25, 0.3) is 0 Å². The number of hydrogen-bond donors (Lipinski definition) is 1. The number of carboxylic acids is 1. The smallest absolute Gasteiger partial charge is 0.356 e. The van der Waals surface area contributed by atoms with Crippen molar-refractivity contribution in [2.75, 3.05) is 25.1 Å². The molecule has 2 aromatic rings. The van der Waals surface area contributed by atoms with Crippen LogP contribution in [0.5, 0.6) is 11.6 Å². The van der Waals surface area contributed by atoms with E-state index in [0.717, 1.165) is 0 Å². The van der Waals surface area contributed by atoms with Crippen LogP contribution in [0.25, 0.3) is 0 Å². The number of pyridine rings is 1. The summed E-state index contributed by atoms with van der Waals surface area (Å²) < 4.78 is 25.3. The number of methoxy groups -OCH3 is 1. The maximum atomic E-state index is 14.6. The van der Waals surface area contributed by atoms with E-state index < -0.39 is 18.2 Å². The quantitative estimate of drug-likeness (QED) is 0.861. The maximum absolute atomic E-state index is 14.6. The zero-order chi connectivity index (χ0) is 18.7. The number of halogens is 1. The molecule has 0 bridgehead atoms. The molecule has 1 saturated heterocycles. The number of ether oxygens (including phenoxy) is 2. The van der Waals surface area contributed by atoms with Gasteiger partial charge < -0.3 is 19.5 Å². The third-order valence-electron chi connectivity index (χ3n) is 4.16. The Labute approximate surface area is 149 Å². The molecule has 3 rings (SSSR count).